The van der Waals surface area contributed by atoms with Gasteiger partial charge in [-0.1, -0.05) is 6.07 Å². The Morgan fingerprint density at radius 2 is 1.60 bits per heavy atom. The van der Waals surface area contributed by atoms with Gasteiger partial charge in [0.05, 0.1) is 16.8 Å². The van der Waals surface area contributed by atoms with Gasteiger partial charge in [-0.25, -0.2) is 0 Å². The first-order valence-electron chi connectivity index (χ1n) is 4.48. The van der Waals surface area contributed by atoms with Crippen molar-refractivity contribution in [2.75, 3.05) is 5.43 Å². The van der Waals surface area contributed by atoms with Crippen LogP contribution in [0.2, 0.25) is 0 Å². The molecule has 0 aromatic heterocycles. The van der Waals surface area contributed by atoms with Gasteiger partial charge in [-0.15, -0.1) is 10.1 Å². The Morgan fingerprint density at radius 1 is 1.15 bits per heavy atom. The van der Waals surface area contributed by atoms with E-state index < -0.39 is 34.3 Å². The SMILES string of the molecule is NNc1cccc(C(F)(F)F)c1C(F)(F)F.O=[N+]([O-])O. The minimum Gasteiger partial charge on any atom is -0.328 e. The Balaban J connectivity index is 0.000000796. The first-order chi connectivity index (χ1) is 8.91. The Morgan fingerprint density at radius 3 is 1.90 bits per heavy atom. The van der Waals surface area contributed by atoms with E-state index in [0.717, 1.165) is 12.1 Å². The molecule has 0 aliphatic heterocycles. The van der Waals surface area contributed by atoms with Crippen molar-refractivity contribution in [2.45, 2.75) is 12.4 Å². The largest absolute Gasteiger partial charge is 0.419 e. The van der Waals surface area contributed by atoms with E-state index in [9.17, 15) is 26.3 Å². The fraction of sp³-hybridized carbons (Fsp3) is 0.250. The number of alkyl halides is 6. The van der Waals surface area contributed by atoms with Crippen LogP contribution < -0.4 is 11.3 Å². The molecule has 0 bridgehead atoms. The molecule has 0 amide bonds. The van der Waals surface area contributed by atoms with Crippen LogP contribution in [-0.2, 0) is 12.4 Å². The zero-order valence-corrected chi connectivity index (χ0v) is 9.29. The molecule has 0 aliphatic rings. The third kappa shape index (κ3) is 5.17. The van der Waals surface area contributed by atoms with Crippen LogP contribution in [0.1, 0.15) is 11.1 Å². The van der Waals surface area contributed by atoms with Crippen LogP contribution in [0.5, 0.6) is 0 Å². The summed E-state index contributed by atoms with van der Waals surface area (Å²) in [6, 6.07) is 2.01. The van der Waals surface area contributed by atoms with Gasteiger partial charge >= 0.3 is 12.4 Å². The summed E-state index contributed by atoms with van der Waals surface area (Å²) in [6.07, 6.45) is -10.2. The van der Waals surface area contributed by atoms with Crippen LogP contribution in [0.25, 0.3) is 0 Å². The molecular weight excluding hydrogens is 300 g/mol. The van der Waals surface area contributed by atoms with Crippen molar-refractivity contribution in [1.29, 1.82) is 0 Å². The number of anilines is 1. The second-order valence-electron chi connectivity index (χ2n) is 3.11. The zero-order chi connectivity index (χ0) is 16.1. The van der Waals surface area contributed by atoms with Gasteiger partial charge < -0.3 is 10.6 Å². The van der Waals surface area contributed by atoms with Crippen molar-refractivity contribution in [2.24, 2.45) is 5.84 Å². The van der Waals surface area contributed by atoms with E-state index in [-0.39, 0.29) is 0 Å². The summed E-state index contributed by atoms with van der Waals surface area (Å²) in [7, 11) is 0. The first kappa shape index (κ1) is 17.8. The molecule has 1 aromatic carbocycles. The summed E-state index contributed by atoms with van der Waals surface area (Å²) in [5, 5.41) is 13.6. The van der Waals surface area contributed by atoms with Crippen LogP contribution >= 0.6 is 0 Å². The van der Waals surface area contributed by atoms with Gasteiger partial charge in [0.2, 0.25) is 0 Å². The van der Waals surface area contributed by atoms with E-state index in [4.69, 9.17) is 21.2 Å². The molecule has 0 aliphatic carbocycles. The van der Waals surface area contributed by atoms with Crippen LogP contribution in [-0.4, -0.2) is 10.3 Å². The van der Waals surface area contributed by atoms with Crippen molar-refractivity contribution in [3.63, 3.8) is 0 Å². The third-order valence-corrected chi connectivity index (χ3v) is 1.81. The van der Waals surface area contributed by atoms with Gasteiger partial charge in [0.15, 0.2) is 0 Å². The third-order valence-electron chi connectivity index (χ3n) is 1.81. The van der Waals surface area contributed by atoms with Crippen LogP contribution in [0.4, 0.5) is 32.0 Å². The lowest BCUT2D eigenvalue weighted by molar-refractivity contribution is -0.742. The number of nitrogens with zero attached hydrogens (tertiary/aromatic N) is 1. The number of hydrogen-bond acceptors (Lipinski definition) is 4. The van der Waals surface area contributed by atoms with Crippen LogP contribution in [0, 0.1) is 10.1 Å². The average molecular weight is 307 g/mol. The van der Waals surface area contributed by atoms with Crippen molar-refractivity contribution in [3.05, 3.63) is 39.4 Å². The summed E-state index contributed by atoms with van der Waals surface area (Å²) in [5.41, 5.74) is -2.81. The molecule has 12 heteroatoms. The molecular formula is C8H7F6N3O3. The minimum absolute atomic E-state index is 0.351. The first-order valence-corrected chi connectivity index (χ1v) is 4.48. The highest BCUT2D eigenvalue weighted by Crippen LogP contribution is 2.43. The van der Waals surface area contributed by atoms with Crippen molar-refractivity contribution in [3.8, 4) is 0 Å². The second kappa shape index (κ2) is 6.27. The topological polar surface area (TPSA) is 101 Å². The Kier molecular flexibility index (Phi) is 5.57. The number of benzene rings is 1. The van der Waals surface area contributed by atoms with Gasteiger partial charge in [0.1, 0.15) is 0 Å². The summed E-state index contributed by atoms with van der Waals surface area (Å²) in [5.74, 6) is 4.74. The minimum atomic E-state index is -5.13. The number of hydrazine groups is 1. The van der Waals surface area contributed by atoms with E-state index >= 15 is 0 Å². The monoisotopic (exact) mass is 307 g/mol. The van der Waals surface area contributed by atoms with Gasteiger partial charge in [-0.3, -0.25) is 5.84 Å². The fourth-order valence-corrected chi connectivity index (χ4v) is 1.21. The van der Waals surface area contributed by atoms with Crippen molar-refractivity contribution in [1.82, 2.24) is 0 Å². The standard InChI is InChI=1S/C8H6F6N2.HNO3/c9-7(10,11)4-2-1-3-5(16-15)6(4)8(12,13)14;2-1(3)4/h1-3,16H,15H2;(H,2,3,4). The number of halogens is 6. The lowest BCUT2D eigenvalue weighted by Crippen LogP contribution is -2.20. The lowest BCUT2D eigenvalue weighted by atomic mass is 10.0. The van der Waals surface area contributed by atoms with Gasteiger partial charge in [-0.2, -0.15) is 26.3 Å². The molecule has 0 radical (unpaired) electrons. The Hall–Kier alpha value is -2.24. The number of nitrogens with two attached hydrogens (primary N) is 1. The molecule has 114 valence electrons. The Bertz CT molecular complexity index is 470. The molecule has 1 rings (SSSR count). The molecule has 0 fully saturated rings. The molecule has 0 saturated carbocycles. The van der Waals surface area contributed by atoms with E-state index in [1.165, 1.54) is 0 Å². The maximum Gasteiger partial charge on any atom is 0.419 e. The van der Waals surface area contributed by atoms with Crippen molar-refractivity contribution < 1.29 is 36.6 Å². The average Bonchev–Trinajstić information content (AvgIpc) is 2.24. The van der Waals surface area contributed by atoms with E-state index in [0.29, 0.717) is 6.07 Å². The quantitative estimate of drug-likeness (QED) is 0.320. The molecule has 6 nitrogen and oxygen atoms in total. The summed E-state index contributed by atoms with van der Waals surface area (Å²) < 4.78 is 74.3. The second-order valence-corrected chi connectivity index (χ2v) is 3.11. The molecule has 0 unspecified atom stereocenters. The lowest BCUT2D eigenvalue weighted by Gasteiger charge is -2.18. The highest BCUT2D eigenvalue weighted by atomic mass is 19.4. The van der Waals surface area contributed by atoms with E-state index in [2.05, 4.69) is 0 Å². The molecule has 1 aromatic rings. The smallest absolute Gasteiger partial charge is 0.328 e. The van der Waals surface area contributed by atoms with Gasteiger partial charge in [-0.05, 0) is 12.1 Å². The van der Waals surface area contributed by atoms with Crippen molar-refractivity contribution >= 4 is 5.69 Å². The maximum atomic E-state index is 12.4. The normalized spacial score (nSPS) is 11.3. The van der Waals surface area contributed by atoms with E-state index in [1.54, 1.807) is 5.43 Å². The molecule has 0 heterocycles. The maximum absolute atomic E-state index is 12.4. The number of nitrogen functional groups attached to an aromatic ring is 1. The van der Waals surface area contributed by atoms with Crippen LogP contribution in [0.3, 0.4) is 0 Å². The zero-order valence-electron chi connectivity index (χ0n) is 9.29. The number of nitrogens with one attached hydrogen (secondary N) is 1. The highest BCUT2D eigenvalue weighted by Gasteiger charge is 2.44. The fourth-order valence-electron chi connectivity index (χ4n) is 1.21. The summed E-state index contributed by atoms with van der Waals surface area (Å²) in [4.78, 5) is 8.36. The Labute approximate surface area is 106 Å². The predicted octanol–water partition coefficient (Wildman–Crippen LogP) is 2.66. The molecule has 0 atom stereocenters. The van der Waals surface area contributed by atoms with Crippen LogP contribution in [0.15, 0.2) is 18.2 Å². The predicted molar refractivity (Wildman–Crippen MR) is 53.0 cm³/mol. The molecule has 0 spiro atoms. The number of rotatable bonds is 1. The number of hydrogen-bond donors (Lipinski definition) is 3. The molecule has 4 N–H and O–H groups in total. The van der Waals surface area contributed by atoms with E-state index in [1.807, 2.05) is 0 Å². The van der Waals surface area contributed by atoms with Gasteiger partial charge in [0, 0.05) is 0 Å². The summed E-state index contributed by atoms with van der Waals surface area (Å²) in [6.45, 7) is 0. The molecule has 20 heavy (non-hydrogen) atoms. The summed E-state index contributed by atoms with van der Waals surface area (Å²) >= 11 is 0. The van der Waals surface area contributed by atoms with Gasteiger partial charge in [0.25, 0.3) is 5.09 Å². The highest BCUT2D eigenvalue weighted by molar-refractivity contribution is 5.56. The molecule has 0 saturated heterocycles.